The van der Waals surface area contributed by atoms with E-state index in [-0.39, 0.29) is 0 Å². The van der Waals surface area contributed by atoms with Crippen molar-refractivity contribution in [3.05, 3.63) is 0 Å². The quantitative estimate of drug-likeness (QED) is 0.181. The number of rotatable bonds is 6. The second-order valence-electron chi connectivity index (χ2n) is 7.83. The Morgan fingerprint density at radius 1 is 0.581 bits per heavy atom. The van der Waals surface area contributed by atoms with Crippen LogP contribution < -0.4 is 0 Å². The van der Waals surface area contributed by atoms with E-state index in [9.17, 15) is 46.0 Å². The molecule has 0 aromatic carbocycles. The van der Waals surface area contributed by atoms with E-state index in [4.69, 9.17) is 23.7 Å². The number of aliphatic hydroxyl groups is 9. The number of hydrogen-bond acceptors (Lipinski definition) is 14. The van der Waals surface area contributed by atoms with Crippen LogP contribution >= 0.6 is 0 Å². The van der Waals surface area contributed by atoms with Crippen LogP contribution in [-0.2, 0) is 23.7 Å². The summed E-state index contributed by atoms with van der Waals surface area (Å²) in [5, 5.41) is 89.4. The maximum atomic E-state index is 10.7. The zero-order valence-electron chi connectivity index (χ0n) is 16.6. The summed E-state index contributed by atoms with van der Waals surface area (Å²) < 4.78 is 26.6. The first-order valence-electron chi connectivity index (χ1n) is 9.86. The van der Waals surface area contributed by atoms with Gasteiger partial charge in [0.25, 0.3) is 0 Å². The molecular weight excluding hydrogens is 428 g/mol. The van der Waals surface area contributed by atoms with E-state index in [0.717, 1.165) is 0 Å². The third-order valence-electron chi connectivity index (χ3n) is 5.70. The van der Waals surface area contributed by atoms with Crippen molar-refractivity contribution in [1.82, 2.24) is 0 Å². The van der Waals surface area contributed by atoms with Crippen LogP contribution in [-0.4, -0.2) is 145 Å². The minimum Gasteiger partial charge on any atom is -0.394 e. The lowest BCUT2D eigenvalue weighted by Crippen LogP contribution is -2.64. The van der Waals surface area contributed by atoms with Gasteiger partial charge in [-0.25, -0.2) is 0 Å². The molecule has 0 bridgehead atoms. The van der Waals surface area contributed by atoms with Gasteiger partial charge in [-0.2, -0.15) is 0 Å². The number of aliphatic hydroxyl groups excluding tert-OH is 9. The maximum absolute atomic E-state index is 10.7. The number of hydrogen-bond donors (Lipinski definition) is 9. The van der Waals surface area contributed by atoms with E-state index >= 15 is 0 Å². The lowest BCUT2D eigenvalue weighted by atomic mass is 9.97. The van der Waals surface area contributed by atoms with Crippen LogP contribution in [0.5, 0.6) is 0 Å². The lowest BCUT2D eigenvalue weighted by molar-refractivity contribution is -0.369. The summed E-state index contributed by atoms with van der Waals surface area (Å²) in [6.07, 6.45) is -20.8. The van der Waals surface area contributed by atoms with Gasteiger partial charge in [0, 0.05) is 0 Å². The van der Waals surface area contributed by atoms with Crippen molar-refractivity contribution in [2.45, 2.75) is 92.9 Å². The summed E-state index contributed by atoms with van der Waals surface area (Å²) in [4.78, 5) is 0. The van der Waals surface area contributed by atoms with Gasteiger partial charge in [-0.1, -0.05) is 0 Å². The van der Waals surface area contributed by atoms with Crippen molar-refractivity contribution >= 4 is 0 Å². The third kappa shape index (κ3) is 4.87. The normalized spacial score (nSPS) is 53.6. The molecule has 0 aromatic heterocycles. The molecule has 0 amide bonds. The standard InChI is InChI=1S/C17H30O14/c1-4-7(20)9(22)11(24)16(27-4)31-14-12(25)13(6(3-19)28-15(14)26)30-17-10(23)8(21)5(2-18)29-17/h4-26H,2-3H2,1H3/t4-,5+,6+,7-,8+,9+,10-,11+,12-,13+,14+,15+,16-,17+/m0/s1. The SMILES string of the molecule is C[C@@H]1O[C@@H](O[C@@H]2[C@@H](O)[C@H](O[C@H]3O[C@H](CO)[C@@H](O)[C@@H]3O)[C@@H](CO)O[C@H]2O)[C@H](O)[C@H](O)[C@H]1O. The smallest absolute Gasteiger partial charge is 0.187 e. The third-order valence-corrected chi connectivity index (χ3v) is 5.70. The van der Waals surface area contributed by atoms with E-state index < -0.39 is 99.2 Å². The fourth-order valence-corrected chi connectivity index (χ4v) is 3.79. The van der Waals surface area contributed by atoms with Crippen molar-refractivity contribution in [2.24, 2.45) is 0 Å². The molecule has 0 aromatic rings. The average Bonchev–Trinajstić information content (AvgIpc) is 3.02. The molecule has 3 heterocycles. The molecule has 0 saturated carbocycles. The molecule has 0 spiro atoms. The van der Waals surface area contributed by atoms with Crippen molar-refractivity contribution in [3.8, 4) is 0 Å². The first kappa shape index (κ1) is 25.1. The number of ether oxygens (including phenoxy) is 5. The highest BCUT2D eigenvalue weighted by Crippen LogP contribution is 2.32. The topological polar surface area (TPSA) is 228 Å². The summed E-state index contributed by atoms with van der Waals surface area (Å²) in [5.41, 5.74) is 0. The van der Waals surface area contributed by atoms with Crippen molar-refractivity contribution in [1.29, 1.82) is 0 Å². The minimum atomic E-state index is -1.81. The molecule has 31 heavy (non-hydrogen) atoms. The largest absolute Gasteiger partial charge is 0.394 e. The van der Waals surface area contributed by atoms with Gasteiger partial charge in [0.15, 0.2) is 18.9 Å². The van der Waals surface area contributed by atoms with E-state index in [1.807, 2.05) is 0 Å². The molecule has 14 heteroatoms. The molecule has 0 aliphatic carbocycles. The second-order valence-corrected chi connectivity index (χ2v) is 7.83. The maximum Gasteiger partial charge on any atom is 0.187 e. The first-order chi connectivity index (χ1) is 14.6. The van der Waals surface area contributed by atoms with Gasteiger partial charge in [0.05, 0.1) is 19.3 Å². The van der Waals surface area contributed by atoms with Crippen LogP contribution in [0.2, 0.25) is 0 Å². The Morgan fingerprint density at radius 2 is 1.13 bits per heavy atom. The highest BCUT2D eigenvalue weighted by atomic mass is 16.8. The molecule has 3 aliphatic heterocycles. The van der Waals surface area contributed by atoms with E-state index in [1.165, 1.54) is 6.92 Å². The molecule has 0 unspecified atom stereocenters. The summed E-state index contributed by atoms with van der Waals surface area (Å²) >= 11 is 0. The summed E-state index contributed by atoms with van der Waals surface area (Å²) in [7, 11) is 0. The monoisotopic (exact) mass is 458 g/mol. The Morgan fingerprint density at radius 3 is 1.71 bits per heavy atom. The van der Waals surface area contributed by atoms with Crippen LogP contribution in [0.3, 0.4) is 0 Å². The van der Waals surface area contributed by atoms with Crippen molar-refractivity contribution in [3.63, 3.8) is 0 Å². The van der Waals surface area contributed by atoms with Gasteiger partial charge >= 0.3 is 0 Å². The van der Waals surface area contributed by atoms with Gasteiger partial charge in [0.2, 0.25) is 0 Å². The zero-order chi connectivity index (χ0) is 23.0. The van der Waals surface area contributed by atoms with Crippen molar-refractivity contribution in [2.75, 3.05) is 13.2 Å². The Labute approximate surface area is 176 Å². The predicted molar refractivity (Wildman–Crippen MR) is 93.8 cm³/mol. The van der Waals surface area contributed by atoms with Crippen LogP contribution in [0.15, 0.2) is 0 Å². The van der Waals surface area contributed by atoms with E-state index in [2.05, 4.69) is 0 Å². The first-order valence-corrected chi connectivity index (χ1v) is 9.86. The van der Waals surface area contributed by atoms with E-state index in [1.54, 1.807) is 0 Å². The van der Waals surface area contributed by atoms with E-state index in [0.29, 0.717) is 0 Å². The second kappa shape index (κ2) is 10.1. The van der Waals surface area contributed by atoms with Crippen molar-refractivity contribution < 1.29 is 69.6 Å². The van der Waals surface area contributed by atoms with Gasteiger partial charge in [0.1, 0.15) is 61.0 Å². The molecule has 9 N–H and O–H groups in total. The van der Waals surface area contributed by atoms with Gasteiger partial charge < -0.3 is 69.6 Å². The molecule has 3 saturated heterocycles. The van der Waals surface area contributed by atoms with Crippen LogP contribution in [0, 0.1) is 0 Å². The average molecular weight is 458 g/mol. The highest BCUT2D eigenvalue weighted by molar-refractivity contribution is 4.95. The fourth-order valence-electron chi connectivity index (χ4n) is 3.79. The zero-order valence-corrected chi connectivity index (χ0v) is 16.6. The molecule has 3 aliphatic rings. The molecule has 14 nitrogen and oxygen atoms in total. The van der Waals surface area contributed by atoms with Gasteiger partial charge in [-0.3, -0.25) is 0 Å². The molecule has 14 atom stereocenters. The summed E-state index contributed by atoms with van der Waals surface area (Å²) in [6, 6.07) is 0. The Hall–Kier alpha value is -0.560. The van der Waals surface area contributed by atoms with Crippen LogP contribution in [0.25, 0.3) is 0 Å². The molecule has 182 valence electrons. The van der Waals surface area contributed by atoms with Gasteiger partial charge in [-0.05, 0) is 6.92 Å². The minimum absolute atomic E-state index is 0.612. The fraction of sp³-hybridized carbons (Fsp3) is 1.00. The summed E-state index contributed by atoms with van der Waals surface area (Å²) in [6.45, 7) is 0.0829. The summed E-state index contributed by atoms with van der Waals surface area (Å²) in [5.74, 6) is 0. The Kier molecular flexibility index (Phi) is 8.21. The highest BCUT2D eigenvalue weighted by Gasteiger charge is 2.53. The van der Waals surface area contributed by atoms with Gasteiger partial charge in [-0.15, -0.1) is 0 Å². The lowest BCUT2D eigenvalue weighted by Gasteiger charge is -2.46. The predicted octanol–water partition coefficient (Wildman–Crippen LogP) is -5.91. The van der Waals surface area contributed by atoms with Crippen LogP contribution in [0.1, 0.15) is 6.92 Å². The molecule has 0 radical (unpaired) electrons. The molecule has 3 fully saturated rings. The molecular formula is C17H30O14. The Bertz CT molecular complexity index is 581. The molecule has 3 rings (SSSR count). The Balaban J connectivity index is 1.72. The van der Waals surface area contributed by atoms with Crippen LogP contribution in [0.4, 0.5) is 0 Å².